The molecule has 0 radical (unpaired) electrons. The summed E-state index contributed by atoms with van der Waals surface area (Å²) in [6.07, 6.45) is 0. The summed E-state index contributed by atoms with van der Waals surface area (Å²) in [5, 5.41) is 2.64. The first-order valence-electron chi connectivity index (χ1n) is 7.47. The summed E-state index contributed by atoms with van der Waals surface area (Å²) in [6.45, 7) is 1.46. The van der Waals surface area contributed by atoms with E-state index in [4.69, 9.17) is 9.47 Å². The van der Waals surface area contributed by atoms with Crippen molar-refractivity contribution in [2.75, 3.05) is 19.5 Å². The number of amides is 1. The fraction of sp³-hybridized carbons (Fsp3) is 0.235. The van der Waals surface area contributed by atoms with Crippen LogP contribution < -0.4 is 19.5 Å². The van der Waals surface area contributed by atoms with Crippen LogP contribution in [0.25, 0.3) is 0 Å². The molecule has 0 aliphatic rings. The SMILES string of the molecule is COc1ccc(OC)c(NC(=O)[C@@H](C)NS(=O)(=O)c2ccccc2)c1. The van der Waals surface area contributed by atoms with E-state index < -0.39 is 22.0 Å². The first-order valence-corrected chi connectivity index (χ1v) is 8.96. The smallest absolute Gasteiger partial charge is 0.242 e. The van der Waals surface area contributed by atoms with Crippen molar-refractivity contribution in [1.29, 1.82) is 0 Å². The zero-order valence-electron chi connectivity index (χ0n) is 14.1. The standard InChI is InChI=1S/C17H20N2O5S/c1-12(19-25(21,22)14-7-5-4-6-8-14)17(20)18-15-11-13(23-2)9-10-16(15)24-3/h4-12,19H,1-3H3,(H,18,20)/t12-/m1/s1. The largest absolute Gasteiger partial charge is 0.497 e. The van der Waals surface area contributed by atoms with Crippen molar-refractivity contribution in [2.45, 2.75) is 17.9 Å². The Kier molecular flexibility index (Phi) is 6.00. The zero-order chi connectivity index (χ0) is 18.4. The van der Waals surface area contributed by atoms with Crippen molar-refractivity contribution in [1.82, 2.24) is 4.72 Å². The molecule has 0 bridgehead atoms. The molecular formula is C17H20N2O5S. The number of ether oxygens (including phenoxy) is 2. The topological polar surface area (TPSA) is 93.7 Å². The van der Waals surface area contributed by atoms with Gasteiger partial charge in [-0.25, -0.2) is 8.42 Å². The van der Waals surface area contributed by atoms with Crippen molar-refractivity contribution in [2.24, 2.45) is 0 Å². The Balaban J connectivity index is 2.13. The fourth-order valence-corrected chi connectivity index (χ4v) is 3.33. The fourth-order valence-electron chi connectivity index (χ4n) is 2.11. The van der Waals surface area contributed by atoms with E-state index in [1.165, 1.54) is 33.3 Å². The van der Waals surface area contributed by atoms with Crippen molar-refractivity contribution in [3.8, 4) is 11.5 Å². The van der Waals surface area contributed by atoms with Crippen LogP contribution >= 0.6 is 0 Å². The minimum Gasteiger partial charge on any atom is -0.497 e. The second-order valence-electron chi connectivity index (χ2n) is 5.21. The first kappa shape index (κ1) is 18.8. The normalized spacial score (nSPS) is 12.3. The van der Waals surface area contributed by atoms with Gasteiger partial charge in [0.15, 0.2) is 0 Å². The molecule has 25 heavy (non-hydrogen) atoms. The molecule has 0 aliphatic heterocycles. The van der Waals surface area contributed by atoms with Crippen molar-refractivity contribution in [3.05, 3.63) is 48.5 Å². The molecule has 0 saturated carbocycles. The highest BCUT2D eigenvalue weighted by Gasteiger charge is 2.22. The molecule has 0 spiro atoms. The maximum Gasteiger partial charge on any atom is 0.242 e. The quantitative estimate of drug-likeness (QED) is 0.784. The van der Waals surface area contributed by atoms with Crippen LogP contribution in [0.3, 0.4) is 0 Å². The number of anilines is 1. The number of hydrogen-bond donors (Lipinski definition) is 2. The maximum atomic E-state index is 12.4. The highest BCUT2D eigenvalue weighted by atomic mass is 32.2. The Bertz CT molecular complexity index is 837. The molecule has 2 N–H and O–H groups in total. The van der Waals surface area contributed by atoms with Crippen LogP contribution in [0.4, 0.5) is 5.69 Å². The summed E-state index contributed by atoms with van der Waals surface area (Å²) in [4.78, 5) is 12.4. The van der Waals surface area contributed by atoms with Gasteiger partial charge in [-0.05, 0) is 31.2 Å². The van der Waals surface area contributed by atoms with Gasteiger partial charge in [0, 0.05) is 6.07 Å². The Labute approximate surface area is 147 Å². The molecule has 134 valence electrons. The Morgan fingerprint density at radius 1 is 1.04 bits per heavy atom. The van der Waals surface area contributed by atoms with Crippen LogP contribution in [-0.4, -0.2) is 34.6 Å². The van der Waals surface area contributed by atoms with Crippen LogP contribution in [0.1, 0.15) is 6.92 Å². The third kappa shape index (κ3) is 4.71. The van der Waals surface area contributed by atoms with Crippen molar-refractivity contribution in [3.63, 3.8) is 0 Å². The van der Waals surface area contributed by atoms with Crippen LogP contribution in [0.5, 0.6) is 11.5 Å². The number of hydrogen-bond acceptors (Lipinski definition) is 5. The summed E-state index contributed by atoms with van der Waals surface area (Å²) in [5.41, 5.74) is 0.387. The van der Waals surface area contributed by atoms with Gasteiger partial charge < -0.3 is 14.8 Å². The van der Waals surface area contributed by atoms with Gasteiger partial charge in [-0.2, -0.15) is 4.72 Å². The molecule has 8 heteroatoms. The van der Waals surface area contributed by atoms with E-state index in [1.807, 2.05) is 0 Å². The molecule has 0 unspecified atom stereocenters. The van der Waals surface area contributed by atoms with Crippen LogP contribution in [-0.2, 0) is 14.8 Å². The zero-order valence-corrected chi connectivity index (χ0v) is 15.0. The molecule has 0 heterocycles. The number of sulfonamides is 1. The monoisotopic (exact) mass is 364 g/mol. The lowest BCUT2D eigenvalue weighted by molar-refractivity contribution is -0.117. The number of benzene rings is 2. The predicted octanol–water partition coefficient (Wildman–Crippen LogP) is 2.01. The highest BCUT2D eigenvalue weighted by molar-refractivity contribution is 7.89. The lowest BCUT2D eigenvalue weighted by Gasteiger charge is -2.16. The van der Waals surface area contributed by atoms with Gasteiger partial charge in [0.1, 0.15) is 11.5 Å². The molecule has 0 saturated heterocycles. The molecule has 0 aliphatic carbocycles. The Morgan fingerprint density at radius 2 is 1.72 bits per heavy atom. The molecular weight excluding hydrogens is 344 g/mol. The third-order valence-corrected chi connectivity index (χ3v) is 5.00. The lowest BCUT2D eigenvalue weighted by Crippen LogP contribution is -2.41. The average molecular weight is 364 g/mol. The van der Waals surface area contributed by atoms with E-state index in [9.17, 15) is 13.2 Å². The molecule has 2 aromatic rings. The molecule has 2 rings (SSSR count). The number of methoxy groups -OCH3 is 2. The van der Waals surface area contributed by atoms with Gasteiger partial charge in [-0.15, -0.1) is 0 Å². The number of carbonyl (C=O) groups excluding carboxylic acids is 1. The van der Waals surface area contributed by atoms with E-state index in [0.717, 1.165) is 0 Å². The number of rotatable bonds is 7. The van der Waals surface area contributed by atoms with Gasteiger partial charge in [-0.3, -0.25) is 4.79 Å². The average Bonchev–Trinajstić information content (AvgIpc) is 2.62. The first-order chi connectivity index (χ1) is 11.9. The summed E-state index contributed by atoms with van der Waals surface area (Å²) in [6, 6.07) is 11.8. The Morgan fingerprint density at radius 3 is 2.32 bits per heavy atom. The summed E-state index contributed by atoms with van der Waals surface area (Å²) in [5.74, 6) is 0.451. The minimum atomic E-state index is -3.79. The molecule has 1 atom stereocenters. The second-order valence-corrected chi connectivity index (χ2v) is 6.93. The molecule has 0 fully saturated rings. The van der Waals surface area contributed by atoms with Crippen LogP contribution in [0.2, 0.25) is 0 Å². The van der Waals surface area contributed by atoms with E-state index >= 15 is 0 Å². The van der Waals surface area contributed by atoms with Gasteiger partial charge in [0.2, 0.25) is 15.9 Å². The second kappa shape index (κ2) is 8.00. The van der Waals surface area contributed by atoms with Gasteiger partial charge in [0.25, 0.3) is 0 Å². The molecule has 7 nitrogen and oxygen atoms in total. The van der Waals surface area contributed by atoms with Gasteiger partial charge >= 0.3 is 0 Å². The van der Waals surface area contributed by atoms with E-state index in [-0.39, 0.29) is 4.90 Å². The molecule has 1 amide bonds. The van der Waals surface area contributed by atoms with E-state index in [1.54, 1.807) is 36.4 Å². The highest BCUT2D eigenvalue weighted by Crippen LogP contribution is 2.29. The number of carbonyl (C=O) groups is 1. The Hall–Kier alpha value is -2.58. The van der Waals surface area contributed by atoms with Crippen LogP contribution in [0.15, 0.2) is 53.4 Å². The van der Waals surface area contributed by atoms with Crippen molar-refractivity contribution < 1.29 is 22.7 Å². The van der Waals surface area contributed by atoms with Gasteiger partial charge in [0.05, 0.1) is 30.8 Å². The maximum absolute atomic E-state index is 12.4. The van der Waals surface area contributed by atoms with Gasteiger partial charge in [-0.1, -0.05) is 18.2 Å². The van der Waals surface area contributed by atoms with E-state index in [2.05, 4.69) is 10.0 Å². The summed E-state index contributed by atoms with van der Waals surface area (Å²) < 4.78 is 37.2. The summed E-state index contributed by atoms with van der Waals surface area (Å²) in [7, 11) is -0.817. The third-order valence-electron chi connectivity index (χ3n) is 3.44. The molecule has 0 aromatic heterocycles. The predicted molar refractivity (Wildman–Crippen MR) is 94.4 cm³/mol. The minimum absolute atomic E-state index is 0.0913. The van der Waals surface area contributed by atoms with Crippen molar-refractivity contribution >= 4 is 21.6 Å². The van der Waals surface area contributed by atoms with E-state index in [0.29, 0.717) is 17.2 Å². The number of nitrogens with one attached hydrogen (secondary N) is 2. The molecule has 2 aromatic carbocycles. The lowest BCUT2D eigenvalue weighted by atomic mass is 10.2. The van der Waals surface area contributed by atoms with Crippen LogP contribution in [0, 0.1) is 0 Å². The summed E-state index contributed by atoms with van der Waals surface area (Å²) >= 11 is 0.